The van der Waals surface area contributed by atoms with Gasteiger partial charge < -0.3 is 15.6 Å². The Morgan fingerprint density at radius 3 is 2.47 bits per heavy atom. The summed E-state index contributed by atoms with van der Waals surface area (Å²) >= 11 is 1.50. The van der Waals surface area contributed by atoms with Crippen LogP contribution in [0.2, 0.25) is 0 Å². The average molecular weight is 571 g/mol. The molecule has 3 N–H and O–H groups in total. The van der Waals surface area contributed by atoms with Gasteiger partial charge in [-0.1, -0.05) is 6.07 Å². The maximum Gasteiger partial charge on any atom is 0.295 e. The van der Waals surface area contributed by atoms with Crippen LogP contribution in [0.1, 0.15) is 38.1 Å². The van der Waals surface area contributed by atoms with Crippen LogP contribution >= 0.6 is 11.8 Å². The van der Waals surface area contributed by atoms with Crippen LogP contribution in [0.4, 0.5) is 34.8 Å². The number of thioether (sulfide) groups is 1. The monoisotopic (exact) mass is 570 g/mol. The van der Waals surface area contributed by atoms with Crippen molar-refractivity contribution < 1.29 is 30.8 Å². The lowest BCUT2D eigenvalue weighted by atomic mass is 10.1. The number of aromatic nitrogens is 3. The van der Waals surface area contributed by atoms with E-state index in [1.54, 1.807) is 6.07 Å². The third-order valence-corrected chi connectivity index (χ3v) is 8.53. The number of aromatic amines is 1. The summed E-state index contributed by atoms with van der Waals surface area (Å²) in [7, 11) is -3.78. The molecule has 202 valence electrons. The van der Waals surface area contributed by atoms with Crippen molar-refractivity contribution in [2.24, 2.45) is 10.9 Å². The average Bonchev–Trinajstić information content (AvgIpc) is 3.11. The molecule has 3 aromatic rings. The Balaban J connectivity index is 1.56. The predicted octanol–water partition coefficient (Wildman–Crippen LogP) is 4.91. The first-order valence-corrected chi connectivity index (χ1v) is 14.2. The van der Waals surface area contributed by atoms with Gasteiger partial charge in [-0.05, 0) is 26.0 Å². The zero-order chi connectivity index (χ0) is 27.6. The van der Waals surface area contributed by atoms with Crippen LogP contribution in [-0.4, -0.2) is 57.8 Å². The molecule has 1 saturated carbocycles. The number of benzene rings is 1. The molecule has 9 nitrogen and oxygen atoms in total. The Labute approximate surface area is 218 Å². The van der Waals surface area contributed by atoms with Crippen molar-refractivity contribution in [3.63, 3.8) is 0 Å². The number of carbonyl (C=O) groups excluding carboxylic acids is 1. The van der Waals surface area contributed by atoms with Crippen molar-refractivity contribution in [1.82, 2.24) is 15.0 Å². The van der Waals surface area contributed by atoms with Crippen LogP contribution in [0.25, 0.3) is 11.2 Å². The summed E-state index contributed by atoms with van der Waals surface area (Å²) in [5.74, 6) is -5.79. The molecule has 2 aromatic heterocycles. The van der Waals surface area contributed by atoms with E-state index in [1.165, 1.54) is 30.0 Å². The molecule has 1 fully saturated rings. The van der Waals surface area contributed by atoms with Crippen LogP contribution in [0, 0.1) is 5.92 Å². The van der Waals surface area contributed by atoms with Crippen LogP contribution in [-0.2, 0) is 14.6 Å². The summed E-state index contributed by atoms with van der Waals surface area (Å²) in [6.45, 7) is 3.93. The number of anilines is 3. The van der Waals surface area contributed by atoms with E-state index in [-0.39, 0.29) is 38.8 Å². The number of alkyl halides is 4. The number of H-pyrrole nitrogens is 1. The number of aliphatic imine (C=N–C) groups is 1. The molecule has 1 atom stereocenters. The maximum atomic E-state index is 13.4. The van der Waals surface area contributed by atoms with Gasteiger partial charge in [0.2, 0.25) is 5.91 Å². The van der Waals surface area contributed by atoms with Crippen molar-refractivity contribution >= 4 is 60.9 Å². The molecule has 2 aliphatic rings. The second-order valence-electron chi connectivity index (χ2n) is 9.81. The fourth-order valence-electron chi connectivity index (χ4n) is 3.93. The van der Waals surface area contributed by atoms with Crippen LogP contribution in [0.15, 0.2) is 34.2 Å². The molecule has 1 aromatic carbocycles. The zero-order valence-electron chi connectivity index (χ0n) is 20.3. The number of nitrogens with one attached hydrogen (secondary N) is 3. The zero-order valence-corrected chi connectivity index (χ0v) is 21.9. The second-order valence-corrected chi connectivity index (χ2v) is 12.8. The van der Waals surface area contributed by atoms with Crippen molar-refractivity contribution in [3.8, 4) is 0 Å². The molecule has 0 radical (unpaired) electrons. The fourth-order valence-corrected chi connectivity index (χ4v) is 5.95. The van der Waals surface area contributed by atoms with Crippen molar-refractivity contribution in [2.75, 3.05) is 22.6 Å². The molecule has 15 heteroatoms. The summed E-state index contributed by atoms with van der Waals surface area (Å²) in [6.07, 6.45) is -2.55. The predicted molar refractivity (Wildman–Crippen MR) is 136 cm³/mol. The molecular weight excluding hydrogens is 548 g/mol. The van der Waals surface area contributed by atoms with Crippen molar-refractivity contribution in [2.45, 2.75) is 43.1 Å². The summed E-state index contributed by atoms with van der Waals surface area (Å²) in [6, 6.07) is 5.89. The largest absolute Gasteiger partial charge is 0.353 e. The van der Waals surface area contributed by atoms with Gasteiger partial charge in [0.15, 0.2) is 21.3 Å². The quantitative estimate of drug-likeness (QED) is 0.344. The summed E-state index contributed by atoms with van der Waals surface area (Å²) in [5.41, 5.74) is 0.269. The summed E-state index contributed by atoms with van der Waals surface area (Å²) < 4.78 is 78.8. The number of imidazole rings is 1. The number of amides is 1. The number of nitrogens with zero attached hydrogens (tertiary/aromatic N) is 3. The number of hydrogen-bond donors (Lipinski definition) is 3. The third-order valence-electron chi connectivity index (χ3n) is 5.94. The van der Waals surface area contributed by atoms with E-state index in [1.807, 2.05) is 13.8 Å². The van der Waals surface area contributed by atoms with Crippen molar-refractivity contribution in [1.29, 1.82) is 0 Å². The highest BCUT2D eigenvalue weighted by molar-refractivity contribution is 8.14. The first-order chi connectivity index (χ1) is 17.6. The number of pyridine rings is 1. The summed E-state index contributed by atoms with van der Waals surface area (Å²) in [5, 5.41) is 5.86. The van der Waals surface area contributed by atoms with Gasteiger partial charge in [-0.25, -0.2) is 35.9 Å². The van der Waals surface area contributed by atoms with Crippen molar-refractivity contribution in [3.05, 3.63) is 35.7 Å². The Morgan fingerprint density at radius 2 is 1.89 bits per heavy atom. The van der Waals surface area contributed by atoms with Crippen LogP contribution < -0.4 is 10.6 Å². The first-order valence-electron chi connectivity index (χ1n) is 11.3. The minimum Gasteiger partial charge on any atom is -0.353 e. The molecule has 38 heavy (non-hydrogen) atoms. The first kappa shape index (κ1) is 26.4. The minimum absolute atomic E-state index is 0.0102. The minimum atomic E-state index is -3.78. The molecule has 1 amide bonds. The second kappa shape index (κ2) is 8.93. The van der Waals surface area contributed by atoms with Gasteiger partial charge in [-0.15, -0.1) is 11.8 Å². The molecular formula is C23H22F4N6O3S2. The van der Waals surface area contributed by atoms with E-state index in [2.05, 4.69) is 30.6 Å². The van der Waals surface area contributed by atoms with Crippen LogP contribution in [0.3, 0.4) is 0 Å². The van der Waals surface area contributed by atoms with Gasteiger partial charge >= 0.3 is 0 Å². The molecule has 1 aliphatic carbocycles. The Morgan fingerprint density at radius 1 is 1.18 bits per heavy atom. The topological polar surface area (TPSA) is 129 Å². The van der Waals surface area contributed by atoms with Crippen LogP contribution in [0.5, 0.6) is 0 Å². The van der Waals surface area contributed by atoms with E-state index in [9.17, 15) is 30.8 Å². The molecule has 0 unspecified atom stereocenters. The van der Waals surface area contributed by atoms with E-state index in [0.29, 0.717) is 10.6 Å². The lowest BCUT2D eigenvalue weighted by molar-refractivity contribution is -0.119. The molecule has 0 spiro atoms. The fraction of sp³-hybridized carbons (Fsp3) is 0.391. The maximum absolute atomic E-state index is 13.4. The van der Waals surface area contributed by atoms with Gasteiger partial charge in [0.25, 0.3) is 12.3 Å². The Hall–Kier alpha value is -3.20. The van der Waals surface area contributed by atoms with Gasteiger partial charge in [-0.3, -0.25) is 9.79 Å². The number of sulfone groups is 1. The van der Waals surface area contributed by atoms with Gasteiger partial charge in [0.05, 0.1) is 26.9 Å². The normalized spacial score (nSPS) is 20.0. The van der Waals surface area contributed by atoms with Gasteiger partial charge in [0, 0.05) is 30.1 Å². The van der Waals surface area contributed by atoms with E-state index < -0.39 is 46.3 Å². The highest BCUT2D eigenvalue weighted by Crippen LogP contribution is 2.49. The number of carbonyl (C=O) groups is 1. The molecule has 5 rings (SSSR count). The Kier molecular flexibility index (Phi) is 6.21. The van der Waals surface area contributed by atoms with E-state index in [0.717, 1.165) is 12.0 Å². The highest BCUT2D eigenvalue weighted by atomic mass is 32.2. The van der Waals surface area contributed by atoms with Gasteiger partial charge in [-0.2, -0.15) is 0 Å². The highest BCUT2D eigenvalue weighted by Gasteiger charge is 2.61. The lowest BCUT2D eigenvalue weighted by Gasteiger charge is -2.14. The number of fused-ring (bicyclic) bond motifs is 1. The molecule has 0 saturated heterocycles. The number of rotatable bonds is 7. The molecule has 1 aliphatic heterocycles. The standard InChI is InChI=1S/C23H22F4N6O3S2/c1-22(2)9-37-21(33-22)10-4-5-12(14(6-10)38(3,35)36)28-13-7-15(30-20(34)11-8-23(11,26)27)29-18-16(13)31-19(32-18)17(24)25/h4-7,11,17H,8-9H2,1-3H3,(H3,28,29,30,31,32,34)/t11-/m0/s1. The number of halogens is 4. The lowest BCUT2D eigenvalue weighted by Crippen LogP contribution is -2.18. The van der Waals surface area contributed by atoms with E-state index in [4.69, 9.17) is 0 Å². The molecule has 0 bridgehead atoms. The number of hydrogen-bond acceptors (Lipinski definition) is 8. The summed E-state index contributed by atoms with van der Waals surface area (Å²) in [4.78, 5) is 26.9. The van der Waals surface area contributed by atoms with E-state index >= 15 is 0 Å². The van der Waals surface area contributed by atoms with Gasteiger partial charge in [0.1, 0.15) is 17.3 Å². The smallest absolute Gasteiger partial charge is 0.295 e. The third kappa shape index (κ3) is 5.21. The Bertz CT molecular complexity index is 1600. The molecule has 3 heterocycles. The SMILES string of the molecule is CC1(C)CSC(c2ccc(Nc3cc(NC(=O)[C@@H]4CC4(F)F)nc4nc(C(F)F)[nH]c34)c(S(C)(=O)=O)c2)=N1.